The predicted molar refractivity (Wildman–Crippen MR) is 78.7 cm³/mol. The Kier molecular flexibility index (Phi) is 5.74. The largest absolute Gasteiger partial charge is 0.452 e. The molecule has 0 fully saturated rings. The summed E-state index contributed by atoms with van der Waals surface area (Å²) >= 11 is 5.72. The molecule has 5 nitrogen and oxygen atoms in total. The summed E-state index contributed by atoms with van der Waals surface area (Å²) < 4.78 is 4.90. The minimum Gasteiger partial charge on any atom is -0.452 e. The molecule has 1 aromatic carbocycles. The van der Waals surface area contributed by atoms with Gasteiger partial charge in [0.2, 0.25) is 0 Å². The van der Waals surface area contributed by atoms with Crippen LogP contribution in [0.3, 0.4) is 0 Å². The van der Waals surface area contributed by atoms with E-state index < -0.39 is 24.0 Å². The van der Waals surface area contributed by atoms with Crippen molar-refractivity contribution in [2.75, 3.05) is 6.61 Å². The first-order chi connectivity index (χ1) is 9.78. The predicted octanol–water partition coefficient (Wildman–Crippen LogP) is 2.55. The third kappa shape index (κ3) is 4.76. The Morgan fingerprint density at radius 3 is 2.43 bits per heavy atom. The van der Waals surface area contributed by atoms with Gasteiger partial charge in [-0.1, -0.05) is 25.4 Å². The number of ether oxygens (including phenoxy) is 1. The van der Waals surface area contributed by atoms with Crippen LogP contribution < -0.4 is 5.32 Å². The Morgan fingerprint density at radius 2 is 1.95 bits per heavy atom. The smallest absolute Gasteiger partial charge is 0.338 e. The summed E-state index contributed by atoms with van der Waals surface area (Å²) in [4.78, 5) is 23.5. The first-order valence-corrected chi connectivity index (χ1v) is 6.81. The van der Waals surface area contributed by atoms with Crippen LogP contribution in [0.1, 0.15) is 31.1 Å². The lowest BCUT2D eigenvalue weighted by Crippen LogP contribution is -2.50. The highest BCUT2D eigenvalue weighted by molar-refractivity contribution is 6.30. The molecule has 0 aliphatic heterocycles. The van der Waals surface area contributed by atoms with E-state index >= 15 is 0 Å². The van der Waals surface area contributed by atoms with E-state index in [-0.39, 0.29) is 5.92 Å². The van der Waals surface area contributed by atoms with E-state index in [9.17, 15) is 9.59 Å². The first-order valence-electron chi connectivity index (χ1n) is 6.43. The highest BCUT2D eigenvalue weighted by Gasteiger charge is 2.30. The minimum absolute atomic E-state index is 0.0709. The van der Waals surface area contributed by atoms with Crippen molar-refractivity contribution in [2.45, 2.75) is 26.3 Å². The summed E-state index contributed by atoms with van der Waals surface area (Å²) in [6.45, 7) is 4.83. The maximum atomic E-state index is 11.8. The molecule has 0 saturated carbocycles. The van der Waals surface area contributed by atoms with E-state index in [0.717, 1.165) is 0 Å². The second-order valence-corrected chi connectivity index (χ2v) is 5.54. The van der Waals surface area contributed by atoms with Crippen molar-refractivity contribution in [1.82, 2.24) is 5.32 Å². The second kappa shape index (κ2) is 7.09. The zero-order valence-corrected chi connectivity index (χ0v) is 12.9. The van der Waals surface area contributed by atoms with Crippen LogP contribution in [0.4, 0.5) is 0 Å². The molecule has 1 amide bonds. The van der Waals surface area contributed by atoms with Gasteiger partial charge in [-0.2, -0.15) is 5.26 Å². The lowest BCUT2D eigenvalue weighted by Gasteiger charge is -2.27. The number of carbonyl (C=O) groups excluding carboxylic acids is 2. The maximum absolute atomic E-state index is 11.8. The van der Waals surface area contributed by atoms with Gasteiger partial charge in [-0.15, -0.1) is 0 Å². The molecule has 1 N–H and O–H groups in total. The highest BCUT2D eigenvalue weighted by Crippen LogP contribution is 2.15. The highest BCUT2D eigenvalue weighted by atomic mass is 35.5. The lowest BCUT2D eigenvalue weighted by molar-refractivity contribution is -0.125. The summed E-state index contributed by atoms with van der Waals surface area (Å²) in [6, 6.07) is 8.19. The van der Waals surface area contributed by atoms with Gasteiger partial charge in [0.1, 0.15) is 5.54 Å². The maximum Gasteiger partial charge on any atom is 0.338 e. The van der Waals surface area contributed by atoms with Gasteiger partial charge < -0.3 is 10.1 Å². The van der Waals surface area contributed by atoms with Crippen LogP contribution in [-0.4, -0.2) is 24.0 Å². The molecule has 1 rings (SSSR count). The van der Waals surface area contributed by atoms with Gasteiger partial charge in [0.15, 0.2) is 6.61 Å². The van der Waals surface area contributed by atoms with E-state index in [1.165, 1.54) is 12.1 Å². The SMILES string of the molecule is CC(C)[C@@](C)(C#N)NC(=O)COC(=O)c1ccc(Cl)cc1. The van der Waals surface area contributed by atoms with Crippen molar-refractivity contribution in [3.05, 3.63) is 34.9 Å². The molecule has 0 unspecified atom stereocenters. The summed E-state index contributed by atoms with van der Waals surface area (Å²) in [7, 11) is 0. The fourth-order valence-corrected chi connectivity index (χ4v) is 1.55. The van der Waals surface area contributed by atoms with Crippen LogP contribution in [-0.2, 0) is 9.53 Å². The molecule has 112 valence electrons. The molecule has 1 atom stereocenters. The van der Waals surface area contributed by atoms with Crippen molar-refractivity contribution in [2.24, 2.45) is 5.92 Å². The number of benzene rings is 1. The van der Waals surface area contributed by atoms with Crippen molar-refractivity contribution < 1.29 is 14.3 Å². The molecule has 0 spiro atoms. The Morgan fingerprint density at radius 1 is 1.38 bits per heavy atom. The molecule has 0 saturated heterocycles. The number of nitrogens with one attached hydrogen (secondary N) is 1. The standard InChI is InChI=1S/C15H17ClN2O3/c1-10(2)15(3,9-17)18-13(19)8-21-14(20)11-4-6-12(16)7-5-11/h4-7,10H,8H2,1-3H3,(H,18,19)/t15-/m1/s1. The van der Waals surface area contributed by atoms with E-state index in [1.807, 2.05) is 19.9 Å². The van der Waals surface area contributed by atoms with Gasteiger partial charge in [-0.05, 0) is 37.1 Å². The number of nitriles is 1. The van der Waals surface area contributed by atoms with Crippen molar-refractivity contribution >= 4 is 23.5 Å². The Labute approximate surface area is 128 Å². The first kappa shape index (κ1) is 17.0. The second-order valence-electron chi connectivity index (χ2n) is 5.10. The van der Waals surface area contributed by atoms with Crippen LogP contribution in [0.2, 0.25) is 5.02 Å². The zero-order valence-electron chi connectivity index (χ0n) is 12.1. The number of hydrogen-bond acceptors (Lipinski definition) is 4. The topological polar surface area (TPSA) is 79.2 Å². The van der Waals surface area contributed by atoms with Gasteiger partial charge in [-0.3, -0.25) is 4.79 Å². The molecule has 0 aromatic heterocycles. The number of hydrogen-bond donors (Lipinski definition) is 1. The number of esters is 1. The van der Waals surface area contributed by atoms with Crippen LogP contribution in [0.15, 0.2) is 24.3 Å². The van der Waals surface area contributed by atoms with Gasteiger partial charge in [0.25, 0.3) is 5.91 Å². The normalized spacial score (nSPS) is 13.1. The fraction of sp³-hybridized carbons (Fsp3) is 0.400. The number of halogens is 1. The van der Waals surface area contributed by atoms with Crippen molar-refractivity contribution in [3.8, 4) is 6.07 Å². The zero-order chi connectivity index (χ0) is 16.0. The van der Waals surface area contributed by atoms with Crippen molar-refractivity contribution in [3.63, 3.8) is 0 Å². The molecule has 21 heavy (non-hydrogen) atoms. The third-order valence-corrected chi connectivity index (χ3v) is 3.45. The minimum atomic E-state index is -0.996. The van der Waals surface area contributed by atoms with Crippen molar-refractivity contribution in [1.29, 1.82) is 5.26 Å². The summed E-state index contributed by atoms with van der Waals surface area (Å²) in [5, 5.41) is 12.2. The van der Waals surface area contributed by atoms with E-state index in [2.05, 4.69) is 5.32 Å². The Balaban J connectivity index is 2.55. The lowest BCUT2D eigenvalue weighted by atomic mass is 9.90. The molecule has 0 radical (unpaired) electrons. The van der Waals surface area contributed by atoms with Gasteiger partial charge in [0, 0.05) is 5.02 Å². The summed E-state index contributed by atoms with van der Waals surface area (Å²) in [6.07, 6.45) is 0. The molecule has 0 heterocycles. The van der Waals surface area contributed by atoms with E-state index in [1.54, 1.807) is 19.1 Å². The third-order valence-electron chi connectivity index (χ3n) is 3.20. The number of carbonyl (C=O) groups is 2. The van der Waals surface area contributed by atoms with Crippen LogP contribution in [0, 0.1) is 17.2 Å². The van der Waals surface area contributed by atoms with Crippen LogP contribution in [0.25, 0.3) is 0 Å². The average Bonchev–Trinajstić information content (AvgIpc) is 2.45. The molecule has 0 aliphatic rings. The van der Waals surface area contributed by atoms with Crippen LogP contribution >= 0.6 is 11.6 Å². The average molecular weight is 309 g/mol. The van der Waals surface area contributed by atoms with E-state index in [4.69, 9.17) is 21.6 Å². The summed E-state index contributed by atoms with van der Waals surface area (Å²) in [5.74, 6) is -1.21. The van der Waals surface area contributed by atoms with Crippen LogP contribution in [0.5, 0.6) is 0 Å². The number of nitrogens with zero attached hydrogens (tertiary/aromatic N) is 1. The quantitative estimate of drug-likeness (QED) is 0.848. The number of rotatable bonds is 5. The molecular weight excluding hydrogens is 292 g/mol. The summed E-state index contributed by atoms with van der Waals surface area (Å²) in [5.41, 5.74) is -0.692. The van der Waals surface area contributed by atoms with Gasteiger partial charge >= 0.3 is 5.97 Å². The molecule has 0 aliphatic carbocycles. The molecular formula is C15H17ClN2O3. The number of amides is 1. The van der Waals surface area contributed by atoms with Gasteiger partial charge in [-0.25, -0.2) is 4.79 Å². The molecule has 1 aromatic rings. The Hall–Kier alpha value is -2.06. The fourth-order valence-electron chi connectivity index (χ4n) is 1.43. The molecule has 0 bridgehead atoms. The Bertz CT molecular complexity index is 563. The van der Waals surface area contributed by atoms with E-state index in [0.29, 0.717) is 10.6 Å². The molecule has 6 heteroatoms. The monoisotopic (exact) mass is 308 g/mol. The van der Waals surface area contributed by atoms with Gasteiger partial charge in [0.05, 0.1) is 11.6 Å².